The molecule has 0 amide bonds. The molecule has 0 unspecified atom stereocenters. The zero-order chi connectivity index (χ0) is 30.9. The number of nitrogens with one attached hydrogen (secondary N) is 1. The number of pyridine rings is 2. The number of nitrogens with zero attached hydrogens (tertiary/aromatic N) is 9. The number of hydrogen-bond acceptors (Lipinski definition) is 7. The van der Waals surface area contributed by atoms with Crippen LogP contribution in [0.1, 0.15) is 50.7 Å². The molecular weight excluding hydrogens is 576 g/mol. The summed E-state index contributed by atoms with van der Waals surface area (Å²) in [6.45, 7) is 4.33. The molecule has 0 saturated heterocycles. The van der Waals surface area contributed by atoms with Crippen molar-refractivity contribution in [3.05, 3.63) is 85.2 Å². The Hall–Kier alpha value is -5.58. The van der Waals surface area contributed by atoms with Crippen molar-refractivity contribution in [3.8, 4) is 34.0 Å². The molecule has 0 aromatic carbocycles. The highest BCUT2D eigenvalue weighted by atomic mass is 16.5. The highest BCUT2D eigenvalue weighted by Gasteiger charge is 2.24. The predicted molar refractivity (Wildman–Crippen MR) is 176 cm³/mol. The molecule has 0 spiro atoms. The summed E-state index contributed by atoms with van der Waals surface area (Å²) in [6.07, 6.45) is 16.2. The minimum absolute atomic E-state index is 0.391. The maximum Gasteiger partial charge on any atom is 0.226 e. The summed E-state index contributed by atoms with van der Waals surface area (Å²) in [5.41, 5.74) is 7.71. The number of fused-ring (bicyclic) bond motifs is 4. The normalized spacial score (nSPS) is 13.9. The molecule has 1 aliphatic carbocycles. The second kappa shape index (κ2) is 10.2. The average molecular weight is 609 g/mol. The van der Waals surface area contributed by atoms with Crippen LogP contribution in [-0.2, 0) is 6.42 Å². The zero-order valence-electron chi connectivity index (χ0n) is 25.8. The molecule has 228 valence electrons. The van der Waals surface area contributed by atoms with Crippen molar-refractivity contribution < 1.29 is 4.74 Å². The van der Waals surface area contributed by atoms with Gasteiger partial charge in [-0.1, -0.05) is 20.3 Å². The monoisotopic (exact) mass is 608 g/mol. The van der Waals surface area contributed by atoms with E-state index >= 15 is 0 Å². The number of ether oxygens (including phenoxy) is 1. The standard InChI is InChI=1S/C35H32N10O/c1-20(2)13-29-39-34-31(35(40-29)46-3)28(23-8-11-44-24(14-23)7-10-38-44)19-43(34)30-16-25-15-22(9-12-45(25)42-30)26-17-37-33-27(26)18-36-32(41-33)21-5-4-6-21/h7-12,14-21H,4-6,13H2,1-3H3,(H,36,37,41). The summed E-state index contributed by atoms with van der Waals surface area (Å²) in [5, 5.41) is 11.2. The fraction of sp³-hybridized carbons (Fsp3) is 0.257. The molecule has 11 heteroatoms. The van der Waals surface area contributed by atoms with E-state index in [1.54, 1.807) is 13.3 Å². The molecule has 8 heterocycles. The second-order valence-corrected chi connectivity index (χ2v) is 12.6. The van der Waals surface area contributed by atoms with E-state index in [1.807, 2.05) is 44.5 Å². The maximum absolute atomic E-state index is 5.89. The topological polar surface area (TPSA) is 116 Å². The van der Waals surface area contributed by atoms with Crippen molar-refractivity contribution in [1.29, 1.82) is 0 Å². The number of methoxy groups -OCH3 is 1. The Morgan fingerprint density at radius 3 is 2.59 bits per heavy atom. The Bertz CT molecular complexity index is 2420. The van der Waals surface area contributed by atoms with Gasteiger partial charge < -0.3 is 9.72 Å². The summed E-state index contributed by atoms with van der Waals surface area (Å²) in [4.78, 5) is 22.9. The third-order valence-electron chi connectivity index (χ3n) is 9.08. The van der Waals surface area contributed by atoms with Crippen LogP contribution in [0.3, 0.4) is 0 Å². The molecule has 0 bridgehead atoms. The fourth-order valence-corrected chi connectivity index (χ4v) is 6.51. The lowest BCUT2D eigenvalue weighted by atomic mass is 9.85. The highest BCUT2D eigenvalue weighted by Crippen LogP contribution is 2.38. The molecule has 1 aliphatic rings. The van der Waals surface area contributed by atoms with Crippen molar-refractivity contribution in [2.45, 2.75) is 45.4 Å². The molecule has 8 aromatic heterocycles. The third-order valence-corrected chi connectivity index (χ3v) is 9.08. The van der Waals surface area contributed by atoms with Crippen LogP contribution in [0.2, 0.25) is 0 Å². The zero-order valence-corrected chi connectivity index (χ0v) is 25.8. The number of aromatic nitrogens is 10. The van der Waals surface area contributed by atoms with Gasteiger partial charge in [0.15, 0.2) is 11.5 Å². The van der Waals surface area contributed by atoms with Gasteiger partial charge in [-0.25, -0.2) is 24.0 Å². The lowest BCUT2D eigenvalue weighted by Gasteiger charge is -2.23. The minimum Gasteiger partial charge on any atom is -0.480 e. The van der Waals surface area contributed by atoms with Gasteiger partial charge in [0.05, 0.1) is 23.5 Å². The summed E-state index contributed by atoms with van der Waals surface area (Å²) < 4.78 is 11.7. The van der Waals surface area contributed by atoms with Gasteiger partial charge in [0, 0.05) is 72.1 Å². The van der Waals surface area contributed by atoms with Crippen LogP contribution >= 0.6 is 0 Å². The average Bonchev–Trinajstić information content (AvgIpc) is 3.82. The molecule has 0 radical (unpaired) electrons. The van der Waals surface area contributed by atoms with Crippen LogP contribution in [0, 0.1) is 5.92 Å². The smallest absolute Gasteiger partial charge is 0.226 e. The number of rotatable bonds is 7. The van der Waals surface area contributed by atoms with E-state index < -0.39 is 0 Å². The Kier molecular flexibility index (Phi) is 5.96. The van der Waals surface area contributed by atoms with Gasteiger partial charge in [0.25, 0.3) is 0 Å². The maximum atomic E-state index is 5.89. The Morgan fingerprint density at radius 1 is 0.957 bits per heavy atom. The van der Waals surface area contributed by atoms with Crippen molar-refractivity contribution in [2.75, 3.05) is 7.11 Å². The molecule has 11 nitrogen and oxygen atoms in total. The van der Waals surface area contributed by atoms with E-state index in [9.17, 15) is 0 Å². The summed E-state index contributed by atoms with van der Waals surface area (Å²) in [6, 6.07) is 12.5. The van der Waals surface area contributed by atoms with Gasteiger partial charge >= 0.3 is 0 Å². The first kappa shape index (κ1) is 26.8. The molecule has 8 aromatic rings. The molecule has 46 heavy (non-hydrogen) atoms. The van der Waals surface area contributed by atoms with E-state index in [2.05, 4.69) is 60.5 Å². The largest absolute Gasteiger partial charge is 0.480 e. The summed E-state index contributed by atoms with van der Waals surface area (Å²) >= 11 is 0. The van der Waals surface area contributed by atoms with Gasteiger partial charge in [-0.15, -0.1) is 5.10 Å². The SMILES string of the molecule is COc1nc(CC(C)C)nc2c1c(-c1ccn3nccc3c1)cn2-c1cc2cc(-c3c[nH]c4nc(C5CCC5)ncc34)ccn2n1. The van der Waals surface area contributed by atoms with E-state index in [-0.39, 0.29) is 0 Å². The summed E-state index contributed by atoms with van der Waals surface area (Å²) in [5.74, 6) is 3.87. The van der Waals surface area contributed by atoms with Crippen molar-refractivity contribution >= 4 is 33.1 Å². The first-order valence-corrected chi connectivity index (χ1v) is 15.8. The lowest BCUT2D eigenvalue weighted by molar-refractivity contribution is 0.399. The molecule has 0 aliphatic heterocycles. The quantitative estimate of drug-likeness (QED) is 0.212. The van der Waals surface area contributed by atoms with Gasteiger partial charge in [0.1, 0.15) is 17.3 Å². The third kappa shape index (κ3) is 4.26. The predicted octanol–water partition coefficient (Wildman–Crippen LogP) is 6.80. The van der Waals surface area contributed by atoms with Gasteiger partial charge in [0.2, 0.25) is 5.88 Å². The van der Waals surface area contributed by atoms with E-state index in [4.69, 9.17) is 29.8 Å². The van der Waals surface area contributed by atoms with Crippen LogP contribution in [0.15, 0.2) is 73.6 Å². The van der Waals surface area contributed by atoms with Crippen LogP contribution < -0.4 is 4.74 Å². The van der Waals surface area contributed by atoms with E-state index in [1.165, 1.54) is 19.3 Å². The lowest BCUT2D eigenvalue weighted by Crippen LogP contribution is -2.12. The molecule has 1 saturated carbocycles. The Balaban J connectivity index is 1.18. The van der Waals surface area contributed by atoms with E-state index in [0.29, 0.717) is 17.7 Å². The number of hydrogen-bond donors (Lipinski definition) is 1. The highest BCUT2D eigenvalue weighted by molar-refractivity contribution is 5.99. The molecule has 9 rings (SSSR count). The van der Waals surface area contributed by atoms with Crippen molar-refractivity contribution in [2.24, 2.45) is 5.92 Å². The minimum atomic E-state index is 0.391. The Morgan fingerprint density at radius 2 is 1.78 bits per heavy atom. The molecular formula is C35H32N10O. The van der Waals surface area contributed by atoms with Crippen LogP contribution in [-0.4, -0.2) is 55.8 Å². The second-order valence-electron chi connectivity index (χ2n) is 12.6. The van der Waals surface area contributed by atoms with Crippen molar-refractivity contribution in [1.82, 2.24) is 48.7 Å². The molecule has 1 N–H and O–H groups in total. The van der Waals surface area contributed by atoms with Gasteiger partial charge in [-0.3, -0.25) is 4.57 Å². The Labute approximate surface area is 263 Å². The summed E-state index contributed by atoms with van der Waals surface area (Å²) in [7, 11) is 1.67. The molecule has 0 atom stereocenters. The van der Waals surface area contributed by atoms with Gasteiger partial charge in [-0.2, -0.15) is 10.1 Å². The molecule has 1 fully saturated rings. The van der Waals surface area contributed by atoms with Crippen LogP contribution in [0.4, 0.5) is 0 Å². The van der Waals surface area contributed by atoms with Crippen LogP contribution in [0.25, 0.3) is 61.2 Å². The fourth-order valence-electron chi connectivity index (χ4n) is 6.51. The van der Waals surface area contributed by atoms with E-state index in [0.717, 1.165) is 79.2 Å². The first-order valence-electron chi connectivity index (χ1n) is 15.8. The number of H-pyrrole nitrogens is 1. The van der Waals surface area contributed by atoms with Gasteiger partial charge in [-0.05, 0) is 60.2 Å². The van der Waals surface area contributed by atoms with Crippen LogP contribution in [0.5, 0.6) is 5.88 Å². The first-order chi connectivity index (χ1) is 22.5. The van der Waals surface area contributed by atoms with Crippen molar-refractivity contribution in [3.63, 3.8) is 0 Å². The number of aromatic amines is 1.